The molecule has 11 rings (SSSR count). The van der Waals surface area contributed by atoms with E-state index in [0.717, 1.165) is 35.7 Å². The first-order valence-corrected chi connectivity index (χ1v) is 21.1. The van der Waals surface area contributed by atoms with E-state index in [4.69, 9.17) is 4.74 Å². The highest BCUT2D eigenvalue weighted by Gasteiger charge is 2.32. The number of hydrogen-bond acceptors (Lipinski definition) is 2. The van der Waals surface area contributed by atoms with Gasteiger partial charge >= 0.3 is 0 Å². The number of nitrogens with zero attached hydrogens (tertiary/aromatic N) is 2. The summed E-state index contributed by atoms with van der Waals surface area (Å²) in [4.78, 5) is 2.34. The van der Waals surface area contributed by atoms with E-state index in [2.05, 4.69) is 218 Å². The molecule has 7 aromatic rings. The van der Waals surface area contributed by atoms with Crippen molar-refractivity contribution >= 4 is 44.6 Å². The SMILES string of the molecule is CC1CC=CC=C1C1=CC=C(n2c3ccccc3c3cc(-c4ccc(N(c5ccccc5)c5ccc(-c6ccc7c(c6)C6C=CC=CC6O7)cc5)cc4)ccc32)C(C)C1. The second kappa shape index (κ2) is 14.5. The molecule has 3 aliphatic carbocycles. The van der Waals surface area contributed by atoms with Crippen molar-refractivity contribution < 1.29 is 4.74 Å². The lowest BCUT2D eigenvalue weighted by Gasteiger charge is -2.28. The fraction of sp³-hybridized carbons (Fsp3) is 0.143. The maximum atomic E-state index is 6.22. The molecule has 0 fully saturated rings. The normalized spacial score (nSPS) is 20.5. The summed E-state index contributed by atoms with van der Waals surface area (Å²) in [5.74, 6) is 2.23. The van der Waals surface area contributed by atoms with Gasteiger partial charge in [-0.1, -0.05) is 129 Å². The van der Waals surface area contributed by atoms with E-state index in [1.165, 1.54) is 66.5 Å². The van der Waals surface area contributed by atoms with E-state index in [1.54, 1.807) is 0 Å². The molecule has 3 nitrogen and oxygen atoms in total. The Bertz CT molecular complexity index is 2940. The van der Waals surface area contributed by atoms with Gasteiger partial charge in [-0.15, -0.1) is 0 Å². The second-order valence-corrected chi connectivity index (χ2v) is 16.6. The molecular formula is C56H46N2O. The van der Waals surface area contributed by atoms with Gasteiger partial charge in [-0.3, -0.25) is 0 Å². The first-order chi connectivity index (χ1) is 29.1. The van der Waals surface area contributed by atoms with Crippen LogP contribution in [0.2, 0.25) is 0 Å². The minimum atomic E-state index is 0.0923. The van der Waals surface area contributed by atoms with Gasteiger partial charge < -0.3 is 14.2 Å². The minimum Gasteiger partial charge on any atom is -0.485 e. The number of anilines is 3. The fourth-order valence-electron chi connectivity index (χ4n) is 9.81. The Morgan fingerprint density at radius 2 is 1.22 bits per heavy atom. The zero-order valence-corrected chi connectivity index (χ0v) is 33.5. The van der Waals surface area contributed by atoms with Gasteiger partial charge in [0, 0.05) is 50.9 Å². The number of para-hydroxylation sites is 2. The van der Waals surface area contributed by atoms with Crippen molar-refractivity contribution in [3.05, 3.63) is 211 Å². The Kier molecular flexibility index (Phi) is 8.69. The smallest absolute Gasteiger partial charge is 0.128 e. The lowest BCUT2D eigenvalue weighted by atomic mass is 9.81. The number of hydrogen-bond donors (Lipinski definition) is 0. The summed E-state index contributed by atoms with van der Waals surface area (Å²) < 4.78 is 8.73. The number of ether oxygens (including phenoxy) is 1. The molecule has 286 valence electrons. The van der Waals surface area contributed by atoms with Crippen molar-refractivity contribution in [2.75, 3.05) is 4.90 Å². The number of benzene rings is 6. The van der Waals surface area contributed by atoms with Crippen LogP contribution in [0.15, 0.2) is 205 Å². The molecule has 0 saturated heterocycles. The highest BCUT2D eigenvalue weighted by molar-refractivity contribution is 6.11. The largest absolute Gasteiger partial charge is 0.485 e. The lowest BCUT2D eigenvalue weighted by molar-refractivity contribution is 0.269. The summed E-state index contributed by atoms with van der Waals surface area (Å²) in [7, 11) is 0. The zero-order valence-electron chi connectivity index (χ0n) is 33.5. The fourth-order valence-corrected chi connectivity index (χ4v) is 9.81. The molecule has 0 amide bonds. The number of rotatable bonds is 7. The molecule has 4 atom stereocenters. The van der Waals surface area contributed by atoms with Crippen LogP contribution in [0.25, 0.3) is 49.8 Å². The topological polar surface area (TPSA) is 17.4 Å². The maximum Gasteiger partial charge on any atom is 0.128 e. The average molecular weight is 763 g/mol. The van der Waals surface area contributed by atoms with Crippen molar-refractivity contribution in [2.24, 2.45) is 11.8 Å². The van der Waals surface area contributed by atoms with E-state index < -0.39 is 0 Å². The van der Waals surface area contributed by atoms with Crippen LogP contribution in [0.1, 0.15) is 38.2 Å². The van der Waals surface area contributed by atoms with E-state index in [9.17, 15) is 0 Å². The van der Waals surface area contributed by atoms with Crippen molar-refractivity contribution in [2.45, 2.75) is 38.7 Å². The van der Waals surface area contributed by atoms with Gasteiger partial charge in [0.15, 0.2) is 0 Å². The van der Waals surface area contributed by atoms with E-state index >= 15 is 0 Å². The lowest BCUT2D eigenvalue weighted by Crippen LogP contribution is -2.15. The maximum absolute atomic E-state index is 6.22. The highest BCUT2D eigenvalue weighted by atomic mass is 16.5. The Morgan fingerprint density at radius 1 is 0.559 bits per heavy atom. The molecule has 3 heteroatoms. The quantitative estimate of drug-likeness (QED) is 0.161. The third-order valence-electron chi connectivity index (χ3n) is 12.9. The summed E-state index contributed by atoms with van der Waals surface area (Å²) in [6.07, 6.45) is 22.5. The molecule has 59 heavy (non-hydrogen) atoms. The summed E-state index contributed by atoms with van der Waals surface area (Å²) in [5, 5.41) is 2.57. The Morgan fingerprint density at radius 3 is 1.98 bits per heavy atom. The standard InChI is InChI=1S/C56H46N2O/c1-37-12-6-7-15-47(37)43-25-31-52(38(2)34-43)58-53-18-10-8-16-48(53)50-35-41(24-32-54(50)58)39-20-27-45(28-21-39)57(44-13-4-3-5-14-44)46-29-22-40(23-30-46)42-26-33-56-51(36-42)49-17-9-11-19-55(49)59-56/h3-11,13-33,35-38,49,55H,12,34H2,1-2H3. The Balaban J connectivity index is 0.912. The second-order valence-electron chi connectivity index (χ2n) is 16.6. The molecule has 0 N–H and O–H groups in total. The monoisotopic (exact) mass is 762 g/mol. The van der Waals surface area contributed by atoms with Crippen LogP contribution < -0.4 is 9.64 Å². The summed E-state index contributed by atoms with van der Waals surface area (Å²) in [6.45, 7) is 4.74. The molecular weight excluding hydrogens is 717 g/mol. The van der Waals surface area contributed by atoms with Crippen LogP contribution in [0, 0.1) is 11.8 Å². The molecule has 0 bridgehead atoms. The van der Waals surface area contributed by atoms with Gasteiger partial charge in [0.2, 0.25) is 0 Å². The number of allylic oxidation sites excluding steroid dienone is 10. The van der Waals surface area contributed by atoms with Crippen LogP contribution in [0.4, 0.5) is 17.1 Å². The van der Waals surface area contributed by atoms with Gasteiger partial charge in [0.25, 0.3) is 0 Å². The van der Waals surface area contributed by atoms with Crippen LogP contribution in [-0.2, 0) is 0 Å². The predicted octanol–water partition coefficient (Wildman–Crippen LogP) is 14.9. The molecule has 0 saturated carbocycles. The van der Waals surface area contributed by atoms with Gasteiger partial charge in [0.05, 0.1) is 11.0 Å². The summed E-state index contributed by atoms with van der Waals surface area (Å²) in [6, 6.07) is 51.2. The highest BCUT2D eigenvalue weighted by Crippen LogP contribution is 2.45. The molecule has 0 radical (unpaired) electrons. The average Bonchev–Trinajstić information content (AvgIpc) is 3.82. The Labute approximate surface area is 346 Å². The van der Waals surface area contributed by atoms with E-state index in [0.29, 0.717) is 11.8 Å². The van der Waals surface area contributed by atoms with Crippen LogP contribution in [-0.4, -0.2) is 10.7 Å². The van der Waals surface area contributed by atoms with Crippen LogP contribution in [0.3, 0.4) is 0 Å². The van der Waals surface area contributed by atoms with E-state index in [1.807, 2.05) is 0 Å². The first-order valence-electron chi connectivity index (χ1n) is 21.1. The molecule has 1 aromatic heterocycles. The molecule has 0 spiro atoms. The van der Waals surface area contributed by atoms with Crippen molar-refractivity contribution in [3.63, 3.8) is 0 Å². The molecule has 4 unspecified atom stereocenters. The molecule has 6 aromatic carbocycles. The van der Waals surface area contributed by atoms with Gasteiger partial charge in [-0.2, -0.15) is 0 Å². The zero-order chi connectivity index (χ0) is 39.5. The first kappa shape index (κ1) is 35.3. The predicted molar refractivity (Wildman–Crippen MR) is 248 cm³/mol. The van der Waals surface area contributed by atoms with Crippen LogP contribution >= 0.6 is 0 Å². The number of aromatic nitrogens is 1. The van der Waals surface area contributed by atoms with Crippen molar-refractivity contribution in [1.29, 1.82) is 0 Å². The van der Waals surface area contributed by atoms with Crippen molar-refractivity contribution in [1.82, 2.24) is 4.57 Å². The number of fused-ring (bicyclic) bond motifs is 6. The summed E-state index contributed by atoms with van der Waals surface area (Å²) in [5.41, 5.74) is 16.3. The van der Waals surface area contributed by atoms with Gasteiger partial charge in [-0.25, -0.2) is 0 Å². The van der Waals surface area contributed by atoms with Crippen molar-refractivity contribution in [3.8, 4) is 28.0 Å². The minimum absolute atomic E-state index is 0.0923. The Hall–Kier alpha value is -6.84. The van der Waals surface area contributed by atoms with Crippen LogP contribution in [0.5, 0.6) is 5.75 Å². The third kappa shape index (κ3) is 6.20. The molecule has 1 aliphatic heterocycles. The molecule has 2 heterocycles. The van der Waals surface area contributed by atoms with Gasteiger partial charge in [-0.05, 0) is 131 Å². The third-order valence-corrected chi connectivity index (χ3v) is 12.9. The molecule has 4 aliphatic rings. The van der Waals surface area contributed by atoms with E-state index in [-0.39, 0.29) is 12.0 Å². The summed E-state index contributed by atoms with van der Waals surface area (Å²) >= 11 is 0. The van der Waals surface area contributed by atoms with Gasteiger partial charge in [0.1, 0.15) is 11.9 Å².